The van der Waals surface area contributed by atoms with Crippen LogP contribution >= 0.6 is 0 Å². The summed E-state index contributed by atoms with van der Waals surface area (Å²) < 4.78 is 13.2. The van der Waals surface area contributed by atoms with Gasteiger partial charge >= 0.3 is 0 Å². The Bertz CT molecular complexity index is 3530. The van der Waals surface area contributed by atoms with Gasteiger partial charge in [0.1, 0.15) is 22.3 Å². The fourth-order valence-corrected chi connectivity index (χ4v) is 8.94. The molecular weight excluding hydrogens is 695 g/mol. The Morgan fingerprint density at radius 1 is 0.316 bits per heavy atom. The lowest BCUT2D eigenvalue weighted by molar-refractivity contribution is 0.669. The first-order valence-electron chi connectivity index (χ1n) is 19.4. The van der Waals surface area contributed by atoms with Crippen LogP contribution < -0.4 is 4.90 Å². The number of para-hydroxylation sites is 1. The number of nitrogens with zero attached hydrogens (tertiary/aromatic N) is 1. The molecule has 0 saturated heterocycles. The Morgan fingerprint density at radius 3 is 1.81 bits per heavy atom. The monoisotopic (exact) mass is 727 g/mol. The Hall–Kier alpha value is -7.62. The lowest BCUT2D eigenvalue weighted by atomic mass is 9.97. The van der Waals surface area contributed by atoms with Crippen LogP contribution in [0.3, 0.4) is 0 Å². The van der Waals surface area contributed by atoms with Crippen molar-refractivity contribution in [2.45, 2.75) is 0 Å². The van der Waals surface area contributed by atoms with Crippen LogP contribution in [0.2, 0.25) is 0 Å². The topological polar surface area (TPSA) is 29.5 Å². The van der Waals surface area contributed by atoms with E-state index in [-0.39, 0.29) is 0 Å². The third-order valence-corrected chi connectivity index (χ3v) is 11.6. The van der Waals surface area contributed by atoms with Gasteiger partial charge < -0.3 is 13.7 Å². The summed E-state index contributed by atoms with van der Waals surface area (Å²) in [5.74, 6) is 0. The average molecular weight is 728 g/mol. The van der Waals surface area contributed by atoms with E-state index in [1.54, 1.807) is 0 Å². The third kappa shape index (κ3) is 4.99. The fourth-order valence-electron chi connectivity index (χ4n) is 8.94. The van der Waals surface area contributed by atoms with Crippen molar-refractivity contribution in [3.8, 4) is 22.3 Å². The molecule has 0 bridgehead atoms. The van der Waals surface area contributed by atoms with Crippen LogP contribution in [0, 0.1) is 0 Å². The summed E-state index contributed by atoms with van der Waals surface area (Å²) in [6, 6.07) is 71.6. The zero-order valence-electron chi connectivity index (χ0n) is 30.8. The minimum Gasteiger partial charge on any atom is -0.456 e. The molecule has 0 atom stereocenters. The largest absolute Gasteiger partial charge is 0.456 e. The molecule has 0 aliphatic heterocycles. The molecule has 0 fully saturated rings. The van der Waals surface area contributed by atoms with Crippen molar-refractivity contribution >= 4 is 93.3 Å². The van der Waals surface area contributed by atoms with E-state index in [1.165, 1.54) is 32.7 Å². The Kier molecular flexibility index (Phi) is 6.93. The predicted molar refractivity (Wildman–Crippen MR) is 239 cm³/mol. The number of rotatable bonds is 5. The SMILES string of the molecule is c1ccc(N(c2ccc(-c3cccc4ccccc34)cc2)c2cccc3oc4c5ccccc5ccc4c23)c(-c2ccc3oc4cc5ccccc5cc4c3c2)c1. The highest BCUT2D eigenvalue weighted by Gasteiger charge is 2.23. The van der Waals surface area contributed by atoms with Crippen LogP contribution in [-0.2, 0) is 0 Å². The normalized spacial score (nSPS) is 11.9. The standard InChI is InChI=1S/C54H33NO2/c1-2-14-38-33-52-47(31-37(38)13-1)46-32-39(26-30-50(46)56-52)43-17-7-8-20-48(43)55(40-27-23-36(24-28-40)42-19-9-15-34-11-3-5-16-41(34)42)49-21-10-22-51-53(49)45-29-25-35-12-4-6-18-44(35)54(45)57-51/h1-33H. The van der Waals surface area contributed by atoms with Crippen molar-refractivity contribution < 1.29 is 8.83 Å². The summed E-state index contributed by atoms with van der Waals surface area (Å²) in [6.07, 6.45) is 0. The van der Waals surface area contributed by atoms with Gasteiger partial charge in [-0.3, -0.25) is 0 Å². The average Bonchev–Trinajstić information content (AvgIpc) is 3.84. The van der Waals surface area contributed by atoms with Crippen LogP contribution in [0.4, 0.5) is 17.1 Å². The second-order valence-corrected chi connectivity index (χ2v) is 14.9. The molecule has 0 saturated carbocycles. The zero-order valence-corrected chi connectivity index (χ0v) is 30.8. The molecule has 2 aromatic heterocycles. The first kappa shape index (κ1) is 31.7. The van der Waals surface area contributed by atoms with E-state index in [1.807, 2.05) is 0 Å². The van der Waals surface area contributed by atoms with Crippen LogP contribution in [-0.4, -0.2) is 0 Å². The maximum atomic E-state index is 6.73. The number of anilines is 3. The number of benzene rings is 10. The maximum Gasteiger partial charge on any atom is 0.143 e. The molecule has 2 heterocycles. The molecule has 266 valence electrons. The molecule has 0 aliphatic rings. The summed E-state index contributed by atoms with van der Waals surface area (Å²) in [7, 11) is 0. The number of hydrogen-bond acceptors (Lipinski definition) is 3. The minimum absolute atomic E-state index is 0.854. The summed E-state index contributed by atoms with van der Waals surface area (Å²) in [5.41, 5.74) is 11.3. The molecular formula is C54H33NO2. The summed E-state index contributed by atoms with van der Waals surface area (Å²) in [6.45, 7) is 0. The smallest absolute Gasteiger partial charge is 0.143 e. The molecule has 0 amide bonds. The molecule has 3 nitrogen and oxygen atoms in total. The highest BCUT2D eigenvalue weighted by atomic mass is 16.3. The third-order valence-electron chi connectivity index (χ3n) is 11.6. The molecule has 12 rings (SSSR count). The lowest BCUT2D eigenvalue weighted by Crippen LogP contribution is -2.11. The van der Waals surface area contributed by atoms with Gasteiger partial charge in [-0.15, -0.1) is 0 Å². The summed E-state index contributed by atoms with van der Waals surface area (Å²) in [4.78, 5) is 2.40. The molecule has 3 heteroatoms. The highest BCUT2D eigenvalue weighted by molar-refractivity contribution is 6.20. The van der Waals surface area contributed by atoms with E-state index in [9.17, 15) is 0 Å². The van der Waals surface area contributed by atoms with E-state index in [0.717, 1.165) is 82.8 Å². The van der Waals surface area contributed by atoms with Gasteiger partial charge in [0.25, 0.3) is 0 Å². The molecule has 0 spiro atoms. The van der Waals surface area contributed by atoms with Crippen LogP contribution in [0.5, 0.6) is 0 Å². The maximum absolute atomic E-state index is 6.73. The lowest BCUT2D eigenvalue weighted by Gasteiger charge is -2.28. The van der Waals surface area contributed by atoms with Gasteiger partial charge in [0.15, 0.2) is 0 Å². The number of furan rings is 2. The molecule has 12 aromatic rings. The van der Waals surface area contributed by atoms with Gasteiger partial charge in [0, 0.05) is 32.8 Å². The molecule has 0 N–H and O–H groups in total. The molecule has 0 unspecified atom stereocenters. The van der Waals surface area contributed by atoms with E-state index in [4.69, 9.17) is 8.83 Å². The van der Waals surface area contributed by atoms with Gasteiger partial charge in [0.05, 0.1) is 16.8 Å². The fraction of sp³-hybridized carbons (Fsp3) is 0. The Labute approximate surface area is 328 Å². The molecule has 0 radical (unpaired) electrons. The van der Waals surface area contributed by atoms with E-state index < -0.39 is 0 Å². The van der Waals surface area contributed by atoms with Crippen molar-refractivity contribution in [1.82, 2.24) is 0 Å². The Balaban J connectivity index is 1.09. The highest BCUT2D eigenvalue weighted by Crippen LogP contribution is 2.48. The number of hydrogen-bond donors (Lipinski definition) is 0. The van der Waals surface area contributed by atoms with Gasteiger partial charge in [-0.2, -0.15) is 0 Å². The van der Waals surface area contributed by atoms with Crippen molar-refractivity contribution in [3.63, 3.8) is 0 Å². The molecule has 0 aliphatic carbocycles. The quantitative estimate of drug-likeness (QED) is 0.177. The van der Waals surface area contributed by atoms with Crippen molar-refractivity contribution in [2.24, 2.45) is 0 Å². The summed E-state index contributed by atoms with van der Waals surface area (Å²) in [5, 5.41) is 11.5. The first-order valence-corrected chi connectivity index (χ1v) is 19.4. The minimum atomic E-state index is 0.854. The van der Waals surface area contributed by atoms with Crippen molar-refractivity contribution in [2.75, 3.05) is 4.90 Å². The Morgan fingerprint density at radius 2 is 0.947 bits per heavy atom. The van der Waals surface area contributed by atoms with Crippen LogP contribution in [0.15, 0.2) is 209 Å². The van der Waals surface area contributed by atoms with Crippen LogP contribution in [0.1, 0.15) is 0 Å². The summed E-state index contributed by atoms with van der Waals surface area (Å²) >= 11 is 0. The van der Waals surface area contributed by atoms with Gasteiger partial charge in [-0.1, -0.05) is 140 Å². The molecule has 10 aromatic carbocycles. The van der Waals surface area contributed by atoms with E-state index in [0.29, 0.717) is 0 Å². The van der Waals surface area contributed by atoms with Gasteiger partial charge in [-0.05, 0) is 104 Å². The first-order chi connectivity index (χ1) is 28.2. The second kappa shape index (κ2) is 12.5. The van der Waals surface area contributed by atoms with Gasteiger partial charge in [0.2, 0.25) is 0 Å². The van der Waals surface area contributed by atoms with Crippen molar-refractivity contribution in [3.05, 3.63) is 200 Å². The second-order valence-electron chi connectivity index (χ2n) is 14.9. The van der Waals surface area contributed by atoms with E-state index >= 15 is 0 Å². The van der Waals surface area contributed by atoms with E-state index in [2.05, 4.69) is 205 Å². The van der Waals surface area contributed by atoms with Crippen molar-refractivity contribution in [1.29, 1.82) is 0 Å². The van der Waals surface area contributed by atoms with Crippen LogP contribution in [0.25, 0.3) is 98.4 Å². The zero-order chi connectivity index (χ0) is 37.5. The molecule has 57 heavy (non-hydrogen) atoms. The van der Waals surface area contributed by atoms with Gasteiger partial charge in [-0.25, -0.2) is 0 Å². The number of fused-ring (bicyclic) bond motifs is 10. The predicted octanol–water partition coefficient (Wildman–Crippen LogP) is 15.7.